The second-order valence-electron chi connectivity index (χ2n) is 5.33. The van der Waals surface area contributed by atoms with Crippen LogP contribution >= 0.6 is 0 Å². The van der Waals surface area contributed by atoms with Crippen molar-refractivity contribution in [2.24, 2.45) is 0 Å². The Labute approximate surface area is 133 Å². The molecule has 0 aliphatic carbocycles. The molecule has 4 nitrogen and oxygen atoms in total. The van der Waals surface area contributed by atoms with Crippen molar-refractivity contribution in [3.05, 3.63) is 29.8 Å². The Bertz CT molecular complexity index is 471. The summed E-state index contributed by atoms with van der Waals surface area (Å²) in [6, 6.07) is 6.95. The maximum absolute atomic E-state index is 12.0. The first-order chi connectivity index (χ1) is 10.7. The van der Waals surface area contributed by atoms with E-state index in [2.05, 4.69) is 12.2 Å². The molecule has 0 fully saturated rings. The van der Waals surface area contributed by atoms with E-state index in [1.165, 1.54) is 25.7 Å². The lowest BCUT2D eigenvalue weighted by molar-refractivity contribution is -0.116. The normalized spacial score (nSPS) is 10.3. The smallest absolute Gasteiger partial charge is 0.340 e. The molecular formula is C18H27NO3. The number of esters is 1. The van der Waals surface area contributed by atoms with Gasteiger partial charge in [0.1, 0.15) is 0 Å². The highest BCUT2D eigenvalue weighted by molar-refractivity contribution is 6.01. The van der Waals surface area contributed by atoms with Gasteiger partial charge in [-0.25, -0.2) is 4.79 Å². The molecule has 1 aromatic rings. The lowest BCUT2D eigenvalue weighted by atomic mass is 10.1. The summed E-state index contributed by atoms with van der Waals surface area (Å²) in [5.74, 6) is -0.454. The third-order valence-electron chi connectivity index (χ3n) is 3.45. The van der Waals surface area contributed by atoms with Crippen LogP contribution in [0.4, 0.5) is 5.69 Å². The van der Waals surface area contributed by atoms with Gasteiger partial charge in [-0.1, -0.05) is 51.2 Å². The molecular weight excluding hydrogens is 278 g/mol. The quantitative estimate of drug-likeness (QED) is 0.509. The zero-order valence-corrected chi connectivity index (χ0v) is 13.7. The number of carbonyl (C=O) groups is 2. The van der Waals surface area contributed by atoms with Gasteiger partial charge in [0.25, 0.3) is 0 Å². The number of carbonyl (C=O) groups excluding carboxylic acids is 2. The molecule has 1 rings (SSSR count). The van der Waals surface area contributed by atoms with E-state index < -0.39 is 5.97 Å². The number of para-hydroxylation sites is 1. The van der Waals surface area contributed by atoms with Crippen molar-refractivity contribution in [1.29, 1.82) is 0 Å². The maximum atomic E-state index is 12.0. The van der Waals surface area contributed by atoms with E-state index in [1.807, 2.05) is 0 Å². The number of anilines is 1. The molecule has 0 atom stereocenters. The predicted molar refractivity (Wildman–Crippen MR) is 89.0 cm³/mol. The molecule has 0 saturated carbocycles. The molecule has 0 spiro atoms. The first-order valence-electron chi connectivity index (χ1n) is 8.25. The molecule has 0 bridgehead atoms. The van der Waals surface area contributed by atoms with E-state index in [0.29, 0.717) is 24.3 Å². The van der Waals surface area contributed by atoms with Crippen LogP contribution in [0.1, 0.15) is 69.2 Å². The first-order valence-corrected chi connectivity index (χ1v) is 8.25. The van der Waals surface area contributed by atoms with Crippen LogP contribution in [0.3, 0.4) is 0 Å². The minimum atomic E-state index is -0.405. The van der Waals surface area contributed by atoms with Crippen molar-refractivity contribution in [2.45, 2.75) is 58.8 Å². The zero-order chi connectivity index (χ0) is 16.2. The van der Waals surface area contributed by atoms with Crippen molar-refractivity contribution in [2.75, 3.05) is 11.9 Å². The third-order valence-corrected chi connectivity index (χ3v) is 3.45. The summed E-state index contributed by atoms with van der Waals surface area (Å²) in [4.78, 5) is 23.8. The number of unbranched alkanes of at least 4 members (excludes halogenated alkanes) is 5. The minimum absolute atomic E-state index is 0.0489. The van der Waals surface area contributed by atoms with Crippen molar-refractivity contribution in [1.82, 2.24) is 0 Å². The fourth-order valence-electron chi connectivity index (χ4n) is 2.26. The van der Waals surface area contributed by atoms with Crippen LogP contribution in [0, 0.1) is 0 Å². The van der Waals surface area contributed by atoms with E-state index in [0.717, 1.165) is 12.8 Å². The zero-order valence-electron chi connectivity index (χ0n) is 13.7. The van der Waals surface area contributed by atoms with Gasteiger partial charge < -0.3 is 10.1 Å². The Morgan fingerprint density at radius 3 is 2.41 bits per heavy atom. The van der Waals surface area contributed by atoms with Gasteiger partial charge in [0.05, 0.1) is 17.9 Å². The molecule has 122 valence electrons. The van der Waals surface area contributed by atoms with E-state index in [1.54, 1.807) is 31.2 Å². The Hall–Kier alpha value is -1.84. The Balaban J connectivity index is 2.42. The van der Waals surface area contributed by atoms with Gasteiger partial charge in [-0.15, -0.1) is 0 Å². The average Bonchev–Trinajstić information content (AvgIpc) is 2.51. The maximum Gasteiger partial charge on any atom is 0.340 e. The van der Waals surface area contributed by atoms with Gasteiger partial charge in [0.2, 0.25) is 5.91 Å². The molecule has 1 amide bonds. The standard InChI is InChI=1S/C18H27NO3/c1-3-5-6-7-8-9-14-17(20)19-16-13-11-10-12-15(16)18(21)22-4-2/h10-13H,3-9,14H2,1-2H3,(H,19,20). The second-order valence-corrected chi connectivity index (χ2v) is 5.33. The van der Waals surface area contributed by atoms with Gasteiger partial charge in [-0.3, -0.25) is 4.79 Å². The lowest BCUT2D eigenvalue weighted by Crippen LogP contribution is -2.15. The summed E-state index contributed by atoms with van der Waals surface area (Å²) < 4.78 is 5.00. The largest absolute Gasteiger partial charge is 0.462 e. The molecule has 22 heavy (non-hydrogen) atoms. The van der Waals surface area contributed by atoms with E-state index in [4.69, 9.17) is 4.74 Å². The number of ether oxygens (including phenoxy) is 1. The van der Waals surface area contributed by atoms with Crippen molar-refractivity contribution < 1.29 is 14.3 Å². The molecule has 4 heteroatoms. The fraction of sp³-hybridized carbons (Fsp3) is 0.556. The lowest BCUT2D eigenvalue weighted by Gasteiger charge is -2.10. The van der Waals surface area contributed by atoms with Gasteiger partial charge in [-0.2, -0.15) is 0 Å². The molecule has 0 aromatic heterocycles. The van der Waals surface area contributed by atoms with Crippen molar-refractivity contribution in [3.63, 3.8) is 0 Å². The molecule has 0 radical (unpaired) electrons. The molecule has 0 unspecified atom stereocenters. The summed E-state index contributed by atoms with van der Waals surface area (Å²) in [6.07, 6.45) is 7.36. The molecule has 0 heterocycles. The van der Waals surface area contributed by atoms with Crippen LogP contribution in [0.25, 0.3) is 0 Å². The number of benzene rings is 1. The van der Waals surface area contributed by atoms with Crippen LogP contribution in [0.5, 0.6) is 0 Å². The Morgan fingerprint density at radius 2 is 1.68 bits per heavy atom. The van der Waals surface area contributed by atoms with E-state index >= 15 is 0 Å². The summed E-state index contributed by atoms with van der Waals surface area (Å²) in [5, 5.41) is 2.81. The number of amides is 1. The van der Waals surface area contributed by atoms with Crippen LogP contribution in [-0.4, -0.2) is 18.5 Å². The molecule has 0 aliphatic rings. The third kappa shape index (κ3) is 6.74. The molecule has 1 aromatic carbocycles. The van der Waals surface area contributed by atoms with Crippen LogP contribution in [0.2, 0.25) is 0 Å². The average molecular weight is 305 g/mol. The second kappa shape index (κ2) is 10.8. The van der Waals surface area contributed by atoms with E-state index in [9.17, 15) is 9.59 Å². The first kappa shape index (κ1) is 18.2. The fourth-order valence-corrected chi connectivity index (χ4v) is 2.26. The minimum Gasteiger partial charge on any atom is -0.462 e. The number of hydrogen-bond donors (Lipinski definition) is 1. The Morgan fingerprint density at radius 1 is 1.00 bits per heavy atom. The summed E-state index contributed by atoms with van der Waals surface area (Å²) in [5.41, 5.74) is 0.928. The van der Waals surface area contributed by atoms with Gasteiger partial charge in [0, 0.05) is 6.42 Å². The van der Waals surface area contributed by atoms with Crippen LogP contribution in [0.15, 0.2) is 24.3 Å². The van der Waals surface area contributed by atoms with E-state index in [-0.39, 0.29) is 5.91 Å². The molecule has 0 aliphatic heterocycles. The van der Waals surface area contributed by atoms with Gasteiger partial charge in [-0.05, 0) is 25.5 Å². The highest BCUT2D eigenvalue weighted by atomic mass is 16.5. The van der Waals surface area contributed by atoms with Crippen molar-refractivity contribution in [3.8, 4) is 0 Å². The van der Waals surface area contributed by atoms with Crippen LogP contribution in [-0.2, 0) is 9.53 Å². The number of nitrogens with one attached hydrogen (secondary N) is 1. The summed E-state index contributed by atoms with van der Waals surface area (Å²) >= 11 is 0. The molecule has 0 saturated heterocycles. The summed E-state index contributed by atoms with van der Waals surface area (Å²) in [6.45, 7) is 4.27. The topological polar surface area (TPSA) is 55.4 Å². The van der Waals surface area contributed by atoms with Crippen LogP contribution < -0.4 is 5.32 Å². The monoisotopic (exact) mass is 305 g/mol. The summed E-state index contributed by atoms with van der Waals surface area (Å²) in [7, 11) is 0. The highest BCUT2D eigenvalue weighted by Crippen LogP contribution is 2.17. The molecule has 1 N–H and O–H groups in total. The highest BCUT2D eigenvalue weighted by Gasteiger charge is 2.13. The SMILES string of the molecule is CCCCCCCCC(=O)Nc1ccccc1C(=O)OCC. The number of rotatable bonds is 10. The van der Waals surface area contributed by atoms with Gasteiger partial charge >= 0.3 is 5.97 Å². The number of hydrogen-bond acceptors (Lipinski definition) is 3. The Kier molecular flexibility index (Phi) is 8.96. The van der Waals surface area contributed by atoms with Gasteiger partial charge in [0.15, 0.2) is 0 Å². The van der Waals surface area contributed by atoms with Crippen molar-refractivity contribution >= 4 is 17.6 Å². The predicted octanol–water partition coefficient (Wildman–Crippen LogP) is 4.55.